The van der Waals surface area contributed by atoms with Gasteiger partial charge in [-0.3, -0.25) is 10.9 Å². The number of hydrogen-bond donors (Lipinski definition) is 2. The first kappa shape index (κ1) is 10.8. The Kier molecular flexibility index (Phi) is 2.52. The molecule has 0 aromatic rings. The maximum absolute atomic E-state index is 3.82. The molecule has 2 nitrogen and oxygen atoms in total. The fraction of sp³-hybridized carbons (Fsp3) is 1.00. The molecule has 0 atom stereocenters. The van der Waals surface area contributed by atoms with Crippen molar-refractivity contribution in [2.24, 2.45) is 17.8 Å². The van der Waals surface area contributed by atoms with Crippen molar-refractivity contribution in [3.8, 4) is 0 Å². The first-order chi connectivity index (χ1) is 8.31. The van der Waals surface area contributed by atoms with Crippen LogP contribution in [-0.4, -0.2) is 11.6 Å². The lowest BCUT2D eigenvalue weighted by molar-refractivity contribution is -0.0288. The zero-order valence-electron chi connectivity index (χ0n) is 10.9. The number of hydrazine groups is 1. The van der Waals surface area contributed by atoms with Crippen molar-refractivity contribution in [3.05, 3.63) is 0 Å². The molecule has 2 N–H and O–H groups in total. The molecule has 96 valence electrons. The van der Waals surface area contributed by atoms with Gasteiger partial charge in [0.1, 0.15) is 0 Å². The average molecular weight is 234 g/mol. The largest absolute Gasteiger partial charge is 0.254 e. The highest BCUT2D eigenvalue weighted by Crippen LogP contribution is 2.55. The summed E-state index contributed by atoms with van der Waals surface area (Å²) in [6, 6.07) is 0.767. The molecule has 5 saturated carbocycles. The SMILES string of the molecule is C1CCC(NNC23CC4CC(CC(C4)C2)C3)C1. The van der Waals surface area contributed by atoms with E-state index in [9.17, 15) is 0 Å². The van der Waals surface area contributed by atoms with Gasteiger partial charge >= 0.3 is 0 Å². The van der Waals surface area contributed by atoms with Gasteiger partial charge in [0, 0.05) is 11.6 Å². The van der Waals surface area contributed by atoms with Gasteiger partial charge in [-0.05, 0) is 69.1 Å². The van der Waals surface area contributed by atoms with Gasteiger partial charge in [0.2, 0.25) is 0 Å². The molecule has 0 saturated heterocycles. The van der Waals surface area contributed by atoms with Crippen molar-refractivity contribution in [2.75, 3.05) is 0 Å². The van der Waals surface area contributed by atoms with Gasteiger partial charge in [-0.15, -0.1) is 0 Å². The Morgan fingerprint density at radius 1 is 0.765 bits per heavy atom. The first-order valence-electron chi connectivity index (χ1n) is 7.84. The van der Waals surface area contributed by atoms with E-state index in [0.29, 0.717) is 5.54 Å². The Bertz CT molecular complexity index is 258. The summed E-state index contributed by atoms with van der Waals surface area (Å²) in [5.74, 6) is 3.16. The highest BCUT2D eigenvalue weighted by atomic mass is 15.4. The molecule has 17 heavy (non-hydrogen) atoms. The van der Waals surface area contributed by atoms with Gasteiger partial charge in [-0.1, -0.05) is 12.8 Å². The second kappa shape index (κ2) is 3.96. The molecular weight excluding hydrogens is 208 g/mol. The van der Waals surface area contributed by atoms with Gasteiger partial charge in [-0.2, -0.15) is 0 Å². The predicted molar refractivity (Wildman–Crippen MR) is 69.4 cm³/mol. The van der Waals surface area contributed by atoms with Crippen LogP contribution in [0.25, 0.3) is 0 Å². The second-order valence-electron chi connectivity index (χ2n) is 7.45. The third kappa shape index (κ3) is 1.94. The zero-order valence-corrected chi connectivity index (χ0v) is 10.9. The third-order valence-electron chi connectivity index (χ3n) is 5.93. The summed E-state index contributed by atoms with van der Waals surface area (Å²) in [6.07, 6.45) is 14.6. The molecule has 0 aromatic heterocycles. The molecule has 4 bridgehead atoms. The van der Waals surface area contributed by atoms with E-state index in [1.54, 1.807) is 19.3 Å². The van der Waals surface area contributed by atoms with Crippen molar-refractivity contribution in [2.45, 2.75) is 75.8 Å². The molecule has 0 unspecified atom stereocenters. The number of rotatable bonds is 3. The van der Waals surface area contributed by atoms with Crippen molar-refractivity contribution in [1.82, 2.24) is 10.9 Å². The molecule has 0 spiro atoms. The second-order valence-corrected chi connectivity index (χ2v) is 7.45. The Balaban J connectivity index is 1.42. The predicted octanol–water partition coefficient (Wildman–Crippen LogP) is 2.99. The minimum Gasteiger partial charge on any atom is -0.254 e. The Labute approximate surface area is 105 Å². The maximum Gasteiger partial charge on any atom is 0.0331 e. The van der Waals surface area contributed by atoms with E-state index in [1.807, 2.05) is 0 Å². The molecule has 0 amide bonds. The van der Waals surface area contributed by atoms with E-state index in [4.69, 9.17) is 0 Å². The van der Waals surface area contributed by atoms with Gasteiger partial charge in [-0.25, -0.2) is 0 Å². The van der Waals surface area contributed by atoms with Crippen LogP contribution in [0.15, 0.2) is 0 Å². The third-order valence-corrected chi connectivity index (χ3v) is 5.93. The molecule has 5 aliphatic carbocycles. The fourth-order valence-corrected chi connectivity index (χ4v) is 5.59. The van der Waals surface area contributed by atoms with Crippen molar-refractivity contribution < 1.29 is 0 Å². The number of hydrogen-bond acceptors (Lipinski definition) is 2. The van der Waals surface area contributed by atoms with E-state index in [1.165, 1.54) is 44.9 Å². The van der Waals surface area contributed by atoms with Crippen LogP contribution in [0.2, 0.25) is 0 Å². The average Bonchev–Trinajstić information content (AvgIpc) is 2.77. The van der Waals surface area contributed by atoms with E-state index in [0.717, 1.165) is 23.8 Å². The van der Waals surface area contributed by atoms with Gasteiger partial charge in [0.25, 0.3) is 0 Å². The molecule has 5 fully saturated rings. The normalized spacial score (nSPS) is 49.1. The van der Waals surface area contributed by atoms with Crippen LogP contribution < -0.4 is 10.9 Å². The zero-order chi connectivity index (χ0) is 11.3. The van der Waals surface area contributed by atoms with Crippen LogP contribution in [0.4, 0.5) is 0 Å². The standard InChI is InChI=1S/C15H26N2/c1-2-4-14(3-1)16-17-15-8-11-5-12(9-15)7-13(6-11)10-15/h11-14,16-17H,1-10H2. The van der Waals surface area contributed by atoms with Crippen molar-refractivity contribution in [1.29, 1.82) is 0 Å². The van der Waals surface area contributed by atoms with Crippen LogP contribution in [0, 0.1) is 17.8 Å². The lowest BCUT2D eigenvalue weighted by atomic mass is 9.53. The highest BCUT2D eigenvalue weighted by Gasteiger charge is 2.50. The number of nitrogens with one attached hydrogen (secondary N) is 2. The Morgan fingerprint density at radius 2 is 1.29 bits per heavy atom. The molecule has 0 aliphatic heterocycles. The summed E-state index contributed by atoms with van der Waals surface area (Å²) in [4.78, 5) is 0. The monoisotopic (exact) mass is 234 g/mol. The maximum atomic E-state index is 3.82. The van der Waals surface area contributed by atoms with Crippen molar-refractivity contribution in [3.63, 3.8) is 0 Å². The molecular formula is C15H26N2. The van der Waals surface area contributed by atoms with Crippen LogP contribution in [0.3, 0.4) is 0 Å². The van der Waals surface area contributed by atoms with Crippen molar-refractivity contribution >= 4 is 0 Å². The minimum atomic E-state index is 0.497. The summed E-state index contributed by atoms with van der Waals surface area (Å²) in [5.41, 5.74) is 8.01. The molecule has 0 aromatic carbocycles. The summed E-state index contributed by atoms with van der Waals surface area (Å²) < 4.78 is 0. The van der Waals surface area contributed by atoms with Gasteiger partial charge in [0.15, 0.2) is 0 Å². The summed E-state index contributed by atoms with van der Waals surface area (Å²) in [6.45, 7) is 0. The summed E-state index contributed by atoms with van der Waals surface area (Å²) in [7, 11) is 0. The molecule has 0 heterocycles. The van der Waals surface area contributed by atoms with Crippen LogP contribution in [-0.2, 0) is 0 Å². The Hall–Kier alpha value is -0.0800. The molecule has 0 radical (unpaired) electrons. The van der Waals surface area contributed by atoms with Gasteiger partial charge in [0.05, 0.1) is 0 Å². The molecule has 5 aliphatic rings. The lowest BCUT2D eigenvalue weighted by Gasteiger charge is -2.57. The van der Waals surface area contributed by atoms with Crippen LogP contribution in [0.1, 0.15) is 64.2 Å². The van der Waals surface area contributed by atoms with E-state index in [-0.39, 0.29) is 0 Å². The van der Waals surface area contributed by atoms with Gasteiger partial charge < -0.3 is 0 Å². The Morgan fingerprint density at radius 3 is 1.82 bits per heavy atom. The van der Waals surface area contributed by atoms with Crippen LogP contribution >= 0.6 is 0 Å². The molecule has 5 rings (SSSR count). The lowest BCUT2D eigenvalue weighted by Crippen LogP contribution is -2.63. The van der Waals surface area contributed by atoms with E-state index < -0.39 is 0 Å². The highest BCUT2D eigenvalue weighted by molar-refractivity contribution is 5.05. The topological polar surface area (TPSA) is 24.1 Å². The summed E-state index contributed by atoms with van der Waals surface area (Å²) >= 11 is 0. The van der Waals surface area contributed by atoms with Crippen LogP contribution in [0.5, 0.6) is 0 Å². The summed E-state index contributed by atoms with van der Waals surface area (Å²) in [5, 5.41) is 0. The van der Waals surface area contributed by atoms with E-state index in [2.05, 4.69) is 10.9 Å². The molecule has 2 heteroatoms. The van der Waals surface area contributed by atoms with E-state index >= 15 is 0 Å². The first-order valence-corrected chi connectivity index (χ1v) is 7.84. The minimum absolute atomic E-state index is 0.497. The quantitative estimate of drug-likeness (QED) is 0.734. The smallest absolute Gasteiger partial charge is 0.0331 e. The fourth-order valence-electron chi connectivity index (χ4n) is 5.59.